The van der Waals surface area contributed by atoms with Crippen LogP contribution >= 0.6 is 11.8 Å². The van der Waals surface area contributed by atoms with Gasteiger partial charge in [0, 0.05) is 25.7 Å². The molecule has 5 nitrogen and oxygen atoms in total. The summed E-state index contributed by atoms with van der Waals surface area (Å²) in [6.07, 6.45) is 5.98. The maximum absolute atomic E-state index is 12.1. The topological polar surface area (TPSA) is 61.4 Å². The van der Waals surface area contributed by atoms with E-state index in [4.69, 9.17) is 0 Å². The monoisotopic (exact) mass is 315 g/mol. The molecule has 6 heteroatoms. The van der Waals surface area contributed by atoms with Gasteiger partial charge in [0.25, 0.3) is 0 Å². The van der Waals surface area contributed by atoms with E-state index in [2.05, 4.69) is 10.6 Å². The highest BCUT2D eigenvalue weighted by Crippen LogP contribution is 2.22. The first-order valence-electron chi connectivity index (χ1n) is 7.82. The van der Waals surface area contributed by atoms with Gasteiger partial charge in [-0.15, -0.1) is 11.8 Å². The van der Waals surface area contributed by atoms with Crippen molar-refractivity contribution in [1.82, 2.24) is 15.5 Å². The van der Waals surface area contributed by atoms with Crippen LogP contribution in [0.5, 0.6) is 0 Å². The molecule has 1 fully saturated rings. The Morgan fingerprint density at radius 3 is 2.52 bits per heavy atom. The van der Waals surface area contributed by atoms with Crippen molar-refractivity contribution in [2.45, 2.75) is 51.1 Å². The maximum Gasteiger partial charge on any atom is 0.232 e. The molecule has 0 aliphatic heterocycles. The van der Waals surface area contributed by atoms with Crippen LogP contribution in [0.1, 0.15) is 39.0 Å². The lowest BCUT2D eigenvalue weighted by atomic mass is 9.94. The van der Waals surface area contributed by atoms with Crippen LogP contribution in [-0.4, -0.2) is 60.9 Å². The third-order valence-corrected chi connectivity index (χ3v) is 4.99. The number of carbonyl (C=O) groups excluding carboxylic acids is 2. The zero-order chi connectivity index (χ0) is 15.7. The van der Waals surface area contributed by atoms with Crippen LogP contribution < -0.4 is 10.6 Å². The van der Waals surface area contributed by atoms with E-state index < -0.39 is 0 Å². The normalized spacial score (nSPS) is 17.3. The molecule has 1 saturated carbocycles. The van der Waals surface area contributed by atoms with Gasteiger partial charge in [-0.05, 0) is 26.8 Å². The van der Waals surface area contributed by atoms with Gasteiger partial charge in [-0.25, -0.2) is 0 Å². The molecule has 0 spiro atoms. The quantitative estimate of drug-likeness (QED) is 0.707. The lowest BCUT2D eigenvalue weighted by Crippen LogP contribution is -2.40. The first kappa shape index (κ1) is 18.3. The van der Waals surface area contributed by atoms with Crippen LogP contribution in [0.2, 0.25) is 0 Å². The molecule has 1 rings (SSSR count). The van der Waals surface area contributed by atoms with Crippen molar-refractivity contribution in [2.24, 2.45) is 0 Å². The molecule has 1 aliphatic carbocycles. The minimum Gasteiger partial charge on any atom is -0.354 e. The summed E-state index contributed by atoms with van der Waals surface area (Å²) in [6, 6.07) is 0.662. The number of nitrogens with one attached hydrogen (secondary N) is 2. The van der Waals surface area contributed by atoms with Gasteiger partial charge in [0.15, 0.2) is 0 Å². The molecule has 0 aromatic rings. The number of thioether (sulfide) groups is 1. The summed E-state index contributed by atoms with van der Waals surface area (Å²) in [5.41, 5.74) is 0. The van der Waals surface area contributed by atoms with E-state index in [9.17, 15) is 9.59 Å². The summed E-state index contributed by atoms with van der Waals surface area (Å²) >= 11 is 1.40. The van der Waals surface area contributed by atoms with E-state index in [-0.39, 0.29) is 17.9 Å². The van der Waals surface area contributed by atoms with Gasteiger partial charge >= 0.3 is 0 Å². The minimum atomic E-state index is -0.00443. The van der Waals surface area contributed by atoms with Gasteiger partial charge < -0.3 is 15.5 Å². The number of likely N-dealkylation sites (N-methyl/N-ethyl adjacent to an activating group) is 1. The molecule has 2 amide bonds. The molecular weight excluding hydrogens is 286 g/mol. The van der Waals surface area contributed by atoms with Crippen molar-refractivity contribution >= 4 is 23.6 Å². The second-order valence-electron chi connectivity index (χ2n) is 5.78. The first-order valence-corrected chi connectivity index (χ1v) is 8.97. The second kappa shape index (κ2) is 10.1. The molecule has 0 bridgehead atoms. The average molecular weight is 315 g/mol. The number of amides is 2. The molecule has 0 aromatic carbocycles. The Morgan fingerprint density at radius 1 is 1.24 bits per heavy atom. The number of rotatable bonds is 8. The van der Waals surface area contributed by atoms with E-state index in [1.54, 1.807) is 0 Å². The molecule has 0 saturated heterocycles. The molecule has 0 heterocycles. The third-order valence-electron chi connectivity index (χ3n) is 4.07. The molecule has 122 valence electrons. The highest BCUT2D eigenvalue weighted by Gasteiger charge is 2.21. The number of carbonyl (C=O) groups is 2. The van der Waals surface area contributed by atoms with Gasteiger partial charge in [-0.3, -0.25) is 9.59 Å². The van der Waals surface area contributed by atoms with E-state index in [1.807, 2.05) is 25.9 Å². The lowest BCUT2D eigenvalue weighted by Gasteiger charge is -2.31. The SMILES string of the molecule is CNC(C)CNC(=O)CSCC(=O)N(C)C1CCCCC1. The zero-order valence-electron chi connectivity index (χ0n) is 13.5. The van der Waals surface area contributed by atoms with Crippen molar-refractivity contribution < 1.29 is 9.59 Å². The van der Waals surface area contributed by atoms with Crippen molar-refractivity contribution in [3.05, 3.63) is 0 Å². The molecule has 2 N–H and O–H groups in total. The Bertz CT molecular complexity index is 333. The Balaban J connectivity index is 2.15. The third kappa shape index (κ3) is 7.18. The van der Waals surface area contributed by atoms with Crippen LogP contribution in [0, 0.1) is 0 Å². The fraction of sp³-hybridized carbons (Fsp3) is 0.867. The van der Waals surface area contributed by atoms with Gasteiger partial charge in [-0.2, -0.15) is 0 Å². The molecular formula is C15H29N3O2S. The van der Waals surface area contributed by atoms with Crippen LogP contribution in [0.3, 0.4) is 0 Å². The van der Waals surface area contributed by atoms with Crippen molar-refractivity contribution in [3.63, 3.8) is 0 Å². The molecule has 21 heavy (non-hydrogen) atoms. The van der Waals surface area contributed by atoms with E-state index in [0.29, 0.717) is 24.1 Å². The van der Waals surface area contributed by atoms with Gasteiger partial charge in [0.05, 0.1) is 11.5 Å². The summed E-state index contributed by atoms with van der Waals surface area (Å²) in [5, 5.41) is 5.92. The van der Waals surface area contributed by atoms with Crippen LogP contribution in [0.25, 0.3) is 0 Å². The number of nitrogens with zero attached hydrogens (tertiary/aromatic N) is 1. The van der Waals surface area contributed by atoms with Gasteiger partial charge in [0.1, 0.15) is 0 Å². The minimum absolute atomic E-state index is 0.00443. The fourth-order valence-electron chi connectivity index (χ4n) is 2.42. The number of hydrogen-bond acceptors (Lipinski definition) is 4. The molecule has 0 radical (unpaired) electrons. The fourth-order valence-corrected chi connectivity index (χ4v) is 3.19. The van der Waals surface area contributed by atoms with E-state index >= 15 is 0 Å². The zero-order valence-corrected chi connectivity index (χ0v) is 14.3. The Hall–Kier alpha value is -0.750. The summed E-state index contributed by atoms with van der Waals surface area (Å²) in [6.45, 7) is 2.63. The van der Waals surface area contributed by atoms with Crippen molar-refractivity contribution in [1.29, 1.82) is 0 Å². The van der Waals surface area contributed by atoms with Gasteiger partial charge in [0.2, 0.25) is 11.8 Å². The Morgan fingerprint density at radius 2 is 1.90 bits per heavy atom. The number of hydrogen-bond donors (Lipinski definition) is 2. The van der Waals surface area contributed by atoms with Crippen LogP contribution in [0.15, 0.2) is 0 Å². The molecule has 1 atom stereocenters. The largest absolute Gasteiger partial charge is 0.354 e. The molecule has 0 aromatic heterocycles. The average Bonchev–Trinajstić information content (AvgIpc) is 2.52. The predicted octanol–water partition coefficient (Wildman–Crippen LogP) is 1.23. The van der Waals surface area contributed by atoms with Crippen LogP contribution in [0.4, 0.5) is 0 Å². The summed E-state index contributed by atoms with van der Waals surface area (Å²) in [5.74, 6) is 0.876. The molecule has 1 unspecified atom stereocenters. The van der Waals surface area contributed by atoms with Gasteiger partial charge in [-0.1, -0.05) is 19.3 Å². The van der Waals surface area contributed by atoms with Crippen molar-refractivity contribution in [2.75, 3.05) is 32.1 Å². The van der Waals surface area contributed by atoms with E-state index in [0.717, 1.165) is 12.8 Å². The van der Waals surface area contributed by atoms with Crippen LogP contribution in [-0.2, 0) is 9.59 Å². The summed E-state index contributed by atoms with van der Waals surface area (Å²) < 4.78 is 0. The lowest BCUT2D eigenvalue weighted by molar-refractivity contribution is -0.129. The predicted molar refractivity (Wildman–Crippen MR) is 88.5 cm³/mol. The Kier molecular flexibility index (Phi) is 8.76. The summed E-state index contributed by atoms with van der Waals surface area (Å²) in [4.78, 5) is 25.6. The molecule has 1 aliphatic rings. The van der Waals surface area contributed by atoms with E-state index in [1.165, 1.54) is 31.0 Å². The maximum atomic E-state index is 12.1. The Labute approximate surface area is 132 Å². The second-order valence-corrected chi connectivity index (χ2v) is 6.77. The first-order chi connectivity index (χ1) is 10.0. The summed E-state index contributed by atoms with van der Waals surface area (Å²) in [7, 11) is 3.76. The highest BCUT2D eigenvalue weighted by molar-refractivity contribution is 8.00. The highest BCUT2D eigenvalue weighted by atomic mass is 32.2. The van der Waals surface area contributed by atoms with Crippen molar-refractivity contribution in [3.8, 4) is 0 Å². The standard InChI is InChI=1S/C15H29N3O2S/c1-12(16-2)9-17-14(19)10-21-11-15(20)18(3)13-7-5-4-6-8-13/h12-13,16H,4-11H2,1-3H3,(H,17,19). The smallest absolute Gasteiger partial charge is 0.232 e.